The van der Waals surface area contributed by atoms with Crippen LogP contribution in [0.2, 0.25) is 13.3 Å². The SMILES string of the molecule is CCC[CH2][Sn]([CH2]CCC)([CH2]CCC)[c]1ncnc(SC)n1. The third-order valence-corrected chi connectivity index (χ3v) is 19.4. The molecule has 0 amide bonds. The van der Waals surface area contributed by atoms with Gasteiger partial charge in [0.1, 0.15) is 0 Å². The Kier molecular flexibility index (Phi) is 9.89. The van der Waals surface area contributed by atoms with Crippen LogP contribution >= 0.6 is 11.8 Å². The Hall–Kier alpha value is 0.159. The molecular weight excluding hydrogens is 385 g/mol. The summed E-state index contributed by atoms with van der Waals surface area (Å²) in [5.74, 6) is 0. The summed E-state index contributed by atoms with van der Waals surface area (Å²) in [5.41, 5.74) is 0. The molecule has 1 aromatic rings. The first kappa shape index (κ1) is 19.2. The number of thioether (sulfide) groups is 1. The second-order valence-corrected chi connectivity index (χ2v) is 19.5. The molecule has 1 heterocycles. The average molecular weight is 416 g/mol. The van der Waals surface area contributed by atoms with Gasteiger partial charge < -0.3 is 0 Å². The van der Waals surface area contributed by atoms with Gasteiger partial charge >= 0.3 is 139 Å². The van der Waals surface area contributed by atoms with Crippen molar-refractivity contribution in [3.8, 4) is 0 Å². The molecule has 0 saturated carbocycles. The van der Waals surface area contributed by atoms with Crippen molar-refractivity contribution in [3.05, 3.63) is 6.33 Å². The number of hydrogen-bond donors (Lipinski definition) is 0. The van der Waals surface area contributed by atoms with Crippen LogP contribution in [0.3, 0.4) is 0 Å². The number of nitrogens with zero attached hydrogens (tertiary/aromatic N) is 3. The molecule has 0 aromatic carbocycles. The topological polar surface area (TPSA) is 38.7 Å². The Labute approximate surface area is 139 Å². The van der Waals surface area contributed by atoms with Crippen molar-refractivity contribution in [3.63, 3.8) is 0 Å². The third-order valence-electron chi connectivity index (χ3n) is 4.23. The molecule has 0 unspecified atom stereocenters. The van der Waals surface area contributed by atoms with Crippen LogP contribution in [0.5, 0.6) is 0 Å². The van der Waals surface area contributed by atoms with E-state index in [0.29, 0.717) is 0 Å². The Balaban J connectivity index is 3.09. The monoisotopic (exact) mass is 417 g/mol. The summed E-state index contributed by atoms with van der Waals surface area (Å²) in [5, 5.41) is 0.908. The molecule has 1 rings (SSSR count). The Bertz CT molecular complexity index is 379. The first-order valence-electron chi connectivity index (χ1n) is 8.46. The van der Waals surface area contributed by atoms with Crippen molar-refractivity contribution in [2.75, 3.05) is 6.26 Å². The van der Waals surface area contributed by atoms with Gasteiger partial charge in [-0.25, -0.2) is 0 Å². The molecular formula is C16H31N3SSn. The van der Waals surface area contributed by atoms with Crippen LogP contribution in [-0.4, -0.2) is 39.6 Å². The Morgan fingerprint density at radius 3 is 1.86 bits per heavy atom. The maximum atomic E-state index is 4.86. The van der Waals surface area contributed by atoms with Gasteiger partial charge in [0.15, 0.2) is 0 Å². The summed E-state index contributed by atoms with van der Waals surface area (Å²) in [6.45, 7) is 6.91. The van der Waals surface area contributed by atoms with Crippen LogP contribution in [0.4, 0.5) is 0 Å². The molecule has 0 aliphatic rings. The van der Waals surface area contributed by atoms with E-state index in [1.54, 1.807) is 18.1 Å². The molecule has 0 saturated heterocycles. The van der Waals surface area contributed by atoms with Crippen molar-refractivity contribution < 1.29 is 0 Å². The van der Waals surface area contributed by atoms with Crippen LogP contribution in [0.1, 0.15) is 59.3 Å². The Morgan fingerprint density at radius 2 is 1.43 bits per heavy atom. The zero-order valence-corrected chi connectivity index (χ0v) is 17.9. The summed E-state index contributed by atoms with van der Waals surface area (Å²) in [7, 11) is 0. The van der Waals surface area contributed by atoms with E-state index in [1.165, 1.54) is 55.7 Å². The summed E-state index contributed by atoms with van der Waals surface area (Å²) < 4.78 is 5.51. The average Bonchev–Trinajstić information content (AvgIpc) is 2.54. The van der Waals surface area contributed by atoms with Crippen molar-refractivity contribution in [1.82, 2.24) is 15.0 Å². The first-order valence-corrected chi connectivity index (χ1v) is 17.2. The fourth-order valence-corrected chi connectivity index (χ4v) is 18.3. The summed E-state index contributed by atoms with van der Waals surface area (Å²) in [6, 6.07) is 0. The van der Waals surface area contributed by atoms with E-state index >= 15 is 0 Å². The standard InChI is InChI=1S/C4H4N3S.3C4H9.Sn/c1-8-4-6-2-5-3-7-4;3*1-3-4-2;/h2H,1H3;3*1,3-4H2,2H3;. The number of aromatic nitrogens is 3. The number of rotatable bonds is 11. The van der Waals surface area contributed by atoms with Gasteiger partial charge in [-0.15, -0.1) is 0 Å². The third kappa shape index (κ3) is 6.05. The van der Waals surface area contributed by atoms with Gasteiger partial charge in [0.25, 0.3) is 0 Å². The van der Waals surface area contributed by atoms with Crippen LogP contribution in [0.25, 0.3) is 0 Å². The fraction of sp³-hybridized carbons (Fsp3) is 0.812. The number of unbranched alkanes of at least 4 members (excludes halogenated alkanes) is 3. The van der Waals surface area contributed by atoms with Crippen LogP contribution in [-0.2, 0) is 0 Å². The zero-order valence-electron chi connectivity index (χ0n) is 14.2. The van der Waals surface area contributed by atoms with E-state index in [1.807, 2.05) is 0 Å². The molecule has 0 atom stereocenters. The summed E-state index contributed by atoms with van der Waals surface area (Å²) >= 11 is -0.796. The van der Waals surface area contributed by atoms with Gasteiger partial charge in [-0.1, -0.05) is 0 Å². The molecule has 5 heteroatoms. The predicted molar refractivity (Wildman–Crippen MR) is 96.1 cm³/mol. The molecule has 0 spiro atoms. The normalized spacial score (nSPS) is 11.8. The minimum atomic E-state index is -2.44. The van der Waals surface area contributed by atoms with Gasteiger partial charge in [-0.05, 0) is 0 Å². The summed E-state index contributed by atoms with van der Waals surface area (Å²) in [6.07, 6.45) is 11.7. The first-order chi connectivity index (χ1) is 10.2. The minimum absolute atomic E-state index is 0.908. The van der Waals surface area contributed by atoms with Gasteiger partial charge in [0.05, 0.1) is 0 Å². The van der Waals surface area contributed by atoms with E-state index in [4.69, 9.17) is 4.98 Å². The number of hydrogen-bond acceptors (Lipinski definition) is 4. The van der Waals surface area contributed by atoms with Crippen LogP contribution < -0.4 is 3.84 Å². The molecule has 0 radical (unpaired) electrons. The predicted octanol–water partition coefficient (Wildman–Crippen LogP) is 4.65. The van der Waals surface area contributed by atoms with E-state index in [0.717, 1.165) is 5.16 Å². The Morgan fingerprint density at radius 1 is 0.905 bits per heavy atom. The van der Waals surface area contributed by atoms with Crippen molar-refractivity contribution in [2.45, 2.75) is 77.8 Å². The van der Waals surface area contributed by atoms with E-state index < -0.39 is 18.4 Å². The second kappa shape index (κ2) is 10.8. The van der Waals surface area contributed by atoms with Crippen LogP contribution in [0.15, 0.2) is 11.5 Å². The van der Waals surface area contributed by atoms with E-state index in [9.17, 15) is 0 Å². The molecule has 3 nitrogen and oxygen atoms in total. The fourth-order valence-electron chi connectivity index (χ4n) is 2.89. The van der Waals surface area contributed by atoms with Gasteiger partial charge in [0.2, 0.25) is 0 Å². The van der Waals surface area contributed by atoms with Crippen molar-refractivity contribution in [2.24, 2.45) is 0 Å². The molecule has 120 valence electrons. The second-order valence-electron chi connectivity index (χ2n) is 5.89. The zero-order chi connectivity index (χ0) is 15.6. The quantitative estimate of drug-likeness (QED) is 0.389. The molecule has 0 N–H and O–H groups in total. The molecule has 0 fully saturated rings. The molecule has 21 heavy (non-hydrogen) atoms. The van der Waals surface area contributed by atoms with E-state index in [2.05, 4.69) is 37.0 Å². The van der Waals surface area contributed by atoms with Crippen molar-refractivity contribution in [1.29, 1.82) is 0 Å². The summed E-state index contributed by atoms with van der Waals surface area (Å²) in [4.78, 5) is 13.8. The van der Waals surface area contributed by atoms with Gasteiger partial charge in [0, 0.05) is 0 Å². The van der Waals surface area contributed by atoms with E-state index in [-0.39, 0.29) is 0 Å². The molecule has 0 aliphatic heterocycles. The molecule has 1 aromatic heterocycles. The van der Waals surface area contributed by atoms with Crippen LogP contribution in [0, 0.1) is 0 Å². The molecule has 0 aliphatic carbocycles. The molecule has 0 bridgehead atoms. The van der Waals surface area contributed by atoms with Gasteiger partial charge in [-0.3, -0.25) is 0 Å². The van der Waals surface area contributed by atoms with Crippen molar-refractivity contribution >= 4 is 34.0 Å². The van der Waals surface area contributed by atoms with Gasteiger partial charge in [-0.2, -0.15) is 0 Å². The maximum absolute atomic E-state index is 4.86.